The second-order valence-corrected chi connectivity index (χ2v) is 21.8. The van der Waals surface area contributed by atoms with E-state index < -0.39 is 57.5 Å². The predicted molar refractivity (Wildman–Crippen MR) is 271 cm³/mol. The summed E-state index contributed by atoms with van der Waals surface area (Å²) in [5.41, 5.74) is 0.359. The lowest BCUT2D eigenvalue weighted by atomic mass is 9.83. The molecule has 1 aromatic carbocycles. The molecule has 3 rings (SSSR count). The van der Waals surface area contributed by atoms with Crippen LogP contribution in [0.15, 0.2) is 41.3 Å². The first-order valence-electron chi connectivity index (χ1n) is 25.2. The third-order valence-electron chi connectivity index (χ3n) is 13.8. The third-order valence-corrected chi connectivity index (χ3v) is 15.5. The fourth-order valence-corrected chi connectivity index (χ4v) is 11.0. The first-order chi connectivity index (χ1) is 34.0. The minimum Gasteiger partial charge on any atom is -0.379 e. The first-order valence-corrected chi connectivity index (χ1v) is 26.9. The molecule has 72 heavy (non-hydrogen) atoms. The average Bonchev–Trinajstić information content (AvgIpc) is 3.94. The Labute approximate surface area is 427 Å². The molecular weight excluding hydrogens is 951 g/mol. The molecule has 0 aromatic heterocycles. The summed E-state index contributed by atoms with van der Waals surface area (Å²) < 4.78 is 55.3. The van der Waals surface area contributed by atoms with Crippen molar-refractivity contribution in [1.82, 2.24) is 19.6 Å². The molecule has 1 saturated heterocycles. The number of hydrogen-bond acceptors (Lipinski definition) is 15. The van der Waals surface area contributed by atoms with Crippen LogP contribution < -0.4 is 5.32 Å². The van der Waals surface area contributed by atoms with Gasteiger partial charge in [-0.25, -0.2) is 8.42 Å². The average molecular weight is 1030 g/mol. The molecule has 0 spiro atoms. The Morgan fingerprint density at radius 1 is 0.778 bits per heavy atom. The van der Waals surface area contributed by atoms with Crippen molar-refractivity contribution in [2.45, 2.75) is 122 Å². The van der Waals surface area contributed by atoms with E-state index in [0.717, 1.165) is 4.90 Å². The van der Waals surface area contributed by atoms with Crippen molar-refractivity contribution in [2.24, 2.45) is 29.6 Å². The molecule has 5 amide bonds. The number of nitrogens with zero attached hydrogens (tertiary/aromatic N) is 4. The van der Waals surface area contributed by atoms with Crippen LogP contribution in [0, 0.1) is 29.6 Å². The van der Waals surface area contributed by atoms with Crippen LogP contribution in [-0.2, 0) is 67.1 Å². The van der Waals surface area contributed by atoms with Gasteiger partial charge in [-0.2, -0.15) is 0 Å². The monoisotopic (exact) mass is 1030 g/mol. The SMILES string of the molecule is CC[C@H](C)C([C@@H](CC(=O)N1CCC[C@H]1[C@H](OC)[C@@H](C)C(=O)CS(=O)(=O)c1ccc(NC(=O)CCOCCOCCOCCN2C(=O)C=CC2=O)cc1)OC)N(C)C(=O)[C@@H](CC(=O)[C@H](C(C)C)N(C)C)C(C)C. The Morgan fingerprint density at radius 2 is 1.36 bits per heavy atom. The lowest BCUT2D eigenvalue weighted by Crippen LogP contribution is -2.54. The van der Waals surface area contributed by atoms with Crippen LogP contribution in [0.4, 0.5) is 5.69 Å². The van der Waals surface area contributed by atoms with Gasteiger partial charge in [-0.15, -0.1) is 0 Å². The number of amides is 5. The van der Waals surface area contributed by atoms with Crippen molar-refractivity contribution in [1.29, 1.82) is 0 Å². The molecule has 8 atom stereocenters. The number of carbonyl (C=O) groups is 7. The molecule has 2 heterocycles. The number of carbonyl (C=O) groups excluding carboxylic acids is 7. The summed E-state index contributed by atoms with van der Waals surface area (Å²) in [6, 6.07) is 4.20. The number of Topliss-reactive ketones (excluding diaryl/α,β-unsaturated/α-hetero) is 2. The van der Waals surface area contributed by atoms with E-state index in [9.17, 15) is 42.0 Å². The van der Waals surface area contributed by atoms with Crippen molar-refractivity contribution >= 4 is 56.6 Å². The van der Waals surface area contributed by atoms with Gasteiger partial charge in [0.1, 0.15) is 5.75 Å². The standard InChI is InChI=1S/C52H83N5O14S/c1-13-36(6)50(55(10)52(64)40(34(2)3)31-42(58)49(35(4)5)54(8)9)44(67-11)32-48(63)56-23-14-15-41(56)51(68-12)37(7)43(59)33-72(65,66)39-18-16-38(17-19-39)53-45(60)22-25-69-27-29-71-30-28-70-26-24-57-46(61)20-21-47(57)62/h16-21,34-37,40-41,44,49-51H,13-15,22-33H2,1-12H3,(H,53,60)/t36-,37-,40-,41-,44+,49-,50?,51+/m0/s1. The molecular formula is C52H83N5O14S. The summed E-state index contributed by atoms with van der Waals surface area (Å²) in [7, 11) is 4.33. The van der Waals surface area contributed by atoms with Gasteiger partial charge in [0.25, 0.3) is 11.8 Å². The van der Waals surface area contributed by atoms with Crippen molar-refractivity contribution in [3.05, 3.63) is 36.4 Å². The Balaban J connectivity index is 1.54. The Bertz CT molecular complexity index is 2070. The van der Waals surface area contributed by atoms with Crippen LogP contribution in [0.5, 0.6) is 0 Å². The molecule has 1 N–H and O–H groups in total. The number of rotatable bonds is 34. The van der Waals surface area contributed by atoms with Gasteiger partial charge in [0.05, 0.1) is 94.3 Å². The summed E-state index contributed by atoms with van der Waals surface area (Å²) in [6.07, 6.45) is 2.90. The van der Waals surface area contributed by atoms with E-state index in [-0.39, 0.29) is 129 Å². The maximum atomic E-state index is 14.4. The van der Waals surface area contributed by atoms with E-state index in [2.05, 4.69) is 5.32 Å². The van der Waals surface area contributed by atoms with E-state index in [1.54, 1.807) is 23.8 Å². The first kappa shape index (κ1) is 61.9. The van der Waals surface area contributed by atoms with Gasteiger partial charge in [-0.05, 0) is 69.0 Å². The van der Waals surface area contributed by atoms with E-state index in [1.165, 1.54) is 50.6 Å². The number of sulfone groups is 1. The van der Waals surface area contributed by atoms with Gasteiger partial charge >= 0.3 is 0 Å². The molecule has 20 heteroatoms. The molecule has 1 fully saturated rings. The zero-order valence-electron chi connectivity index (χ0n) is 44.8. The van der Waals surface area contributed by atoms with Crippen LogP contribution in [0.2, 0.25) is 0 Å². The molecule has 1 aromatic rings. The third kappa shape index (κ3) is 17.9. The highest BCUT2D eigenvalue weighted by Crippen LogP contribution is 2.32. The molecule has 2 aliphatic rings. The summed E-state index contributed by atoms with van der Waals surface area (Å²) in [6.45, 7) is 15.5. The lowest BCUT2D eigenvalue weighted by Gasteiger charge is -2.41. The lowest BCUT2D eigenvalue weighted by molar-refractivity contribution is -0.149. The maximum absolute atomic E-state index is 14.4. The number of imide groups is 1. The molecule has 0 radical (unpaired) electrons. The zero-order chi connectivity index (χ0) is 53.9. The number of benzene rings is 1. The summed E-state index contributed by atoms with van der Waals surface area (Å²) in [4.78, 5) is 97.9. The van der Waals surface area contributed by atoms with Crippen LogP contribution in [-0.4, -0.2) is 193 Å². The summed E-state index contributed by atoms with van der Waals surface area (Å²) in [5, 5.41) is 2.70. The quantitative estimate of drug-likeness (QED) is 0.0759. The van der Waals surface area contributed by atoms with Gasteiger partial charge < -0.3 is 38.8 Å². The van der Waals surface area contributed by atoms with Gasteiger partial charge in [-0.1, -0.05) is 54.9 Å². The van der Waals surface area contributed by atoms with Crippen LogP contribution in [0.1, 0.15) is 87.0 Å². The number of nitrogens with one attached hydrogen (secondary N) is 1. The van der Waals surface area contributed by atoms with E-state index >= 15 is 0 Å². The Morgan fingerprint density at radius 3 is 1.89 bits per heavy atom. The zero-order valence-corrected chi connectivity index (χ0v) is 45.6. The molecule has 1 unspecified atom stereocenters. The number of anilines is 1. The second kappa shape index (κ2) is 30.1. The fourth-order valence-electron chi connectivity index (χ4n) is 9.69. The second-order valence-electron chi connectivity index (χ2n) is 19.8. The number of ketones is 2. The highest BCUT2D eigenvalue weighted by atomic mass is 32.2. The van der Waals surface area contributed by atoms with Crippen molar-refractivity contribution in [3.8, 4) is 0 Å². The topological polar surface area (TPSA) is 225 Å². The van der Waals surface area contributed by atoms with Gasteiger partial charge in [-0.3, -0.25) is 43.4 Å². The molecule has 0 saturated carbocycles. The van der Waals surface area contributed by atoms with Crippen molar-refractivity contribution < 1.29 is 65.7 Å². The van der Waals surface area contributed by atoms with E-state index in [1.807, 2.05) is 60.5 Å². The Hall–Kier alpha value is -4.44. The number of ether oxygens (including phenoxy) is 5. The number of likely N-dealkylation sites (tertiary alicyclic amines) is 1. The summed E-state index contributed by atoms with van der Waals surface area (Å²) in [5.74, 6) is -4.43. The minimum absolute atomic E-state index is 0.00883. The highest BCUT2D eigenvalue weighted by molar-refractivity contribution is 7.92. The van der Waals surface area contributed by atoms with E-state index in [0.29, 0.717) is 31.5 Å². The van der Waals surface area contributed by atoms with Crippen LogP contribution in [0.25, 0.3) is 0 Å². The van der Waals surface area contributed by atoms with Crippen LogP contribution in [0.3, 0.4) is 0 Å². The van der Waals surface area contributed by atoms with Gasteiger partial charge in [0, 0.05) is 63.9 Å². The smallest absolute Gasteiger partial charge is 0.253 e. The number of methoxy groups -OCH3 is 2. The predicted octanol–water partition coefficient (Wildman–Crippen LogP) is 4.07. The van der Waals surface area contributed by atoms with Crippen molar-refractivity contribution in [3.63, 3.8) is 0 Å². The van der Waals surface area contributed by atoms with Crippen LogP contribution >= 0.6 is 0 Å². The number of likely N-dealkylation sites (N-methyl/N-ethyl adjacent to an activating group) is 2. The van der Waals surface area contributed by atoms with Gasteiger partial charge in [0.15, 0.2) is 21.4 Å². The molecule has 2 aliphatic heterocycles. The molecule has 0 bridgehead atoms. The Kier molecular flexibility index (Phi) is 25.8. The molecule has 19 nitrogen and oxygen atoms in total. The minimum atomic E-state index is -4.11. The largest absolute Gasteiger partial charge is 0.379 e. The normalized spacial score (nSPS) is 18.1. The highest BCUT2D eigenvalue weighted by Gasteiger charge is 2.43. The van der Waals surface area contributed by atoms with Gasteiger partial charge in [0.2, 0.25) is 17.7 Å². The molecule has 0 aliphatic carbocycles. The van der Waals surface area contributed by atoms with Crippen molar-refractivity contribution in [2.75, 3.05) is 99.2 Å². The number of hydrogen-bond donors (Lipinski definition) is 1. The maximum Gasteiger partial charge on any atom is 0.253 e. The fraction of sp³-hybridized carbons (Fsp3) is 0.712. The summed E-state index contributed by atoms with van der Waals surface area (Å²) >= 11 is 0. The molecule has 406 valence electrons. The van der Waals surface area contributed by atoms with E-state index in [4.69, 9.17) is 23.7 Å².